The van der Waals surface area contributed by atoms with Crippen molar-refractivity contribution in [3.05, 3.63) is 33.9 Å². The van der Waals surface area contributed by atoms with Crippen molar-refractivity contribution in [2.75, 3.05) is 13.1 Å². The van der Waals surface area contributed by atoms with Crippen molar-refractivity contribution in [3.8, 4) is 0 Å². The number of likely N-dealkylation sites (tertiary alicyclic amines) is 1. The van der Waals surface area contributed by atoms with Gasteiger partial charge in [-0.05, 0) is 26.3 Å². The number of H-pyrrole nitrogens is 2. The number of nitrogens with zero attached hydrogens (tertiary/aromatic N) is 3. The fourth-order valence-corrected chi connectivity index (χ4v) is 3.05. The lowest BCUT2D eigenvalue weighted by Gasteiger charge is -2.13. The summed E-state index contributed by atoms with van der Waals surface area (Å²) in [6, 6.07) is 2.03. The molecule has 2 aromatic rings. The molecule has 1 aliphatic rings. The molecule has 0 aliphatic carbocycles. The maximum atomic E-state index is 10.2. The summed E-state index contributed by atoms with van der Waals surface area (Å²) < 4.78 is 0. The normalized spacial score (nSPS) is 23.0. The highest BCUT2D eigenvalue weighted by atomic mass is 35.5. The molecule has 1 aliphatic heterocycles. The molecule has 3 N–H and O–H groups in total. The Labute approximate surface area is 128 Å². The van der Waals surface area contributed by atoms with Crippen LogP contribution in [0.25, 0.3) is 0 Å². The monoisotopic (exact) mass is 309 g/mol. The van der Waals surface area contributed by atoms with Crippen molar-refractivity contribution in [2.24, 2.45) is 5.92 Å². The van der Waals surface area contributed by atoms with Gasteiger partial charge in [0.05, 0.1) is 28.2 Å². The van der Waals surface area contributed by atoms with Crippen LogP contribution in [0.3, 0.4) is 0 Å². The summed E-state index contributed by atoms with van der Waals surface area (Å²) in [4.78, 5) is 2.19. The van der Waals surface area contributed by atoms with E-state index in [0.29, 0.717) is 18.1 Å². The van der Waals surface area contributed by atoms with Crippen molar-refractivity contribution in [3.63, 3.8) is 0 Å². The van der Waals surface area contributed by atoms with E-state index in [1.807, 2.05) is 19.9 Å². The molecule has 0 radical (unpaired) electrons. The molecule has 1 fully saturated rings. The molecular formula is C14H20ClN5O. The van der Waals surface area contributed by atoms with Gasteiger partial charge in [0, 0.05) is 31.2 Å². The minimum Gasteiger partial charge on any atom is -0.391 e. The lowest BCUT2D eigenvalue weighted by Crippen LogP contribution is -2.21. The zero-order valence-electron chi connectivity index (χ0n) is 12.2. The van der Waals surface area contributed by atoms with E-state index in [-0.39, 0.29) is 12.0 Å². The molecule has 7 heteroatoms. The van der Waals surface area contributed by atoms with E-state index >= 15 is 0 Å². The summed E-state index contributed by atoms with van der Waals surface area (Å²) in [7, 11) is 0. The van der Waals surface area contributed by atoms with Gasteiger partial charge in [-0.3, -0.25) is 15.1 Å². The number of aromatic nitrogens is 4. The van der Waals surface area contributed by atoms with Crippen LogP contribution in [0, 0.1) is 19.8 Å². The van der Waals surface area contributed by atoms with Gasteiger partial charge in [-0.1, -0.05) is 11.6 Å². The van der Waals surface area contributed by atoms with Crippen LogP contribution in [0.1, 0.15) is 22.8 Å². The number of halogens is 1. The van der Waals surface area contributed by atoms with E-state index in [0.717, 1.165) is 35.7 Å². The van der Waals surface area contributed by atoms with Crippen LogP contribution in [-0.2, 0) is 13.0 Å². The van der Waals surface area contributed by atoms with Gasteiger partial charge in [-0.2, -0.15) is 10.2 Å². The van der Waals surface area contributed by atoms with Crippen molar-refractivity contribution in [1.82, 2.24) is 25.3 Å². The second kappa shape index (κ2) is 5.79. The number of β-amino-alcohol motifs (C(OH)–C–C–N with tert-alkyl or cyclic N) is 1. The first-order valence-corrected chi connectivity index (χ1v) is 7.51. The molecular weight excluding hydrogens is 290 g/mol. The van der Waals surface area contributed by atoms with Crippen LogP contribution in [0.4, 0.5) is 0 Å². The molecule has 0 unspecified atom stereocenters. The van der Waals surface area contributed by atoms with E-state index in [9.17, 15) is 5.11 Å². The predicted molar refractivity (Wildman–Crippen MR) is 80.1 cm³/mol. The summed E-state index contributed by atoms with van der Waals surface area (Å²) in [5.74, 6) is 0.200. The number of aryl methyl sites for hydroxylation is 2. The summed E-state index contributed by atoms with van der Waals surface area (Å²) in [6.07, 6.45) is 0.454. The third kappa shape index (κ3) is 3.12. The standard InChI is InChI=1S/C14H20ClN5O/c1-8-3-11(18-16-8)4-10-5-20(7-13(10)21)6-12-14(15)9(2)17-19-12/h3,10,13,21H,4-7H2,1-2H3,(H,16,18)(H,17,19)/t10-,13+/m1/s1. The number of hydrogen-bond acceptors (Lipinski definition) is 4. The summed E-state index contributed by atoms with van der Waals surface area (Å²) in [5.41, 5.74) is 3.78. The highest BCUT2D eigenvalue weighted by Crippen LogP contribution is 2.25. The predicted octanol–water partition coefficient (Wildman–Crippen LogP) is 1.44. The highest BCUT2D eigenvalue weighted by molar-refractivity contribution is 6.31. The zero-order valence-corrected chi connectivity index (χ0v) is 13.0. The Morgan fingerprint density at radius 2 is 2.14 bits per heavy atom. The van der Waals surface area contributed by atoms with Gasteiger partial charge >= 0.3 is 0 Å². The first-order valence-electron chi connectivity index (χ1n) is 7.13. The van der Waals surface area contributed by atoms with Crippen LogP contribution in [-0.4, -0.2) is 49.6 Å². The third-order valence-electron chi connectivity index (χ3n) is 4.03. The van der Waals surface area contributed by atoms with Crippen molar-refractivity contribution in [1.29, 1.82) is 0 Å². The number of aliphatic hydroxyl groups is 1. The molecule has 0 spiro atoms. The lowest BCUT2D eigenvalue weighted by molar-refractivity contribution is 0.140. The molecule has 3 rings (SSSR count). The molecule has 1 saturated heterocycles. The molecule has 2 atom stereocenters. The Balaban J connectivity index is 1.61. The van der Waals surface area contributed by atoms with Gasteiger partial charge in [-0.25, -0.2) is 0 Å². The van der Waals surface area contributed by atoms with E-state index in [4.69, 9.17) is 11.6 Å². The van der Waals surface area contributed by atoms with Crippen molar-refractivity contribution >= 4 is 11.6 Å². The van der Waals surface area contributed by atoms with Gasteiger partial charge in [0.1, 0.15) is 0 Å². The number of rotatable bonds is 4. The first kappa shape index (κ1) is 14.6. The number of hydrogen-bond donors (Lipinski definition) is 3. The zero-order chi connectivity index (χ0) is 15.0. The van der Waals surface area contributed by atoms with Crippen LogP contribution in [0.15, 0.2) is 6.07 Å². The molecule has 0 bridgehead atoms. The highest BCUT2D eigenvalue weighted by Gasteiger charge is 2.32. The van der Waals surface area contributed by atoms with E-state index in [2.05, 4.69) is 25.3 Å². The number of nitrogens with one attached hydrogen (secondary N) is 2. The maximum Gasteiger partial charge on any atom is 0.0951 e. The van der Waals surface area contributed by atoms with Crippen LogP contribution < -0.4 is 0 Å². The van der Waals surface area contributed by atoms with Crippen LogP contribution >= 0.6 is 11.6 Å². The smallest absolute Gasteiger partial charge is 0.0951 e. The van der Waals surface area contributed by atoms with Crippen LogP contribution in [0.5, 0.6) is 0 Å². The van der Waals surface area contributed by atoms with Gasteiger partial charge in [0.15, 0.2) is 0 Å². The topological polar surface area (TPSA) is 80.8 Å². The van der Waals surface area contributed by atoms with Gasteiger partial charge in [0.2, 0.25) is 0 Å². The molecule has 0 aromatic carbocycles. The van der Waals surface area contributed by atoms with Gasteiger partial charge in [0.25, 0.3) is 0 Å². The van der Waals surface area contributed by atoms with Crippen molar-refractivity contribution in [2.45, 2.75) is 32.9 Å². The quantitative estimate of drug-likeness (QED) is 0.798. The minimum atomic E-state index is -0.333. The fraction of sp³-hybridized carbons (Fsp3) is 0.571. The Bertz CT molecular complexity index is 623. The van der Waals surface area contributed by atoms with E-state index in [1.54, 1.807) is 0 Å². The number of aliphatic hydroxyl groups excluding tert-OH is 1. The third-order valence-corrected chi connectivity index (χ3v) is 4.53. The fourth-order valence-electron chi connectivity index (χ4n) is 2.90. The summed E-state index contributed by atoms with van der Waals surface area (Å²) >= 11 is 6.20. The Morgan fingerprint density at radius 3 is 2.76 bits per heavy atom. The molecule has 0 amide bonds. The summed E-state index contributed by atoms with van der Waals surface area (Å²) in [6.45, 7) is 6.03. The first-order chi connectivity index (χ1) is 10.0. The molecule has 2 aromatic heterocycles. The van der Waals surface area contributed by atoms with E-state index in [1.165, 1.54) is 0 Å². The molecule has 6 nitrogen and oxygen atoms in total. The largest absolute Gasteiger partial charge is 0.391 e. The van der Waals surface area contributed by atoms with Gasteiger partial charge in [-0.15, -0.1) is 0 Å². The second-order valence-electron chi connectivity index (χ2n) is 5.88. The number of aromatic amines is 2. The SMILES string of the molecule is Cc1cc(C[C@@H]2CN(Cc3n[nH]c(C)c3Cl)C[C@@H]2O)n[nH]1. The molecule has 3 heterocycles. The Morgan fingerprint density at radius 1 is 1.33 bits per heavy atom. The molecule has 114 valence electrons. The lowest BCUT2D eigenvalue weighted by atomic mass is 10.0. The maximum absolute atomic E-state index is 10.2. The Kier molecular flexibility index (Phi) is 4.01. The van der Waals surface area contributed by atoms with Crippen LogP contribution in [0.2, 0.25) is 5.02 Å². The Hall–Kier alpha value is -1.37. The minimum absolute atomic E-state index is 0.200. The molecule has 21 heavy (non-hydrogen) atoms. The van der Waals surface area contributed by atoms with Crippen molar-refractivity contribution < 1.29 is 5.11 Å². The average Bonchev–Trinajstić information content (AvgIpc) is 3.08. The van der Waals surface area contributed by atoms with E-state index < -0.39 is 0 Å². The molecule has 0 saturated carbocycles. The van der Waals surface area contributed by atoms with Gasteiger partial charge < -0.3 is 5.11 Å². The summed E-state index contributed by atoms with van der Waals surface area (Å²) in [5, 5.41) is 25.2. The average molecular weight is 310 g/mol. The second-order valence-corrected chi connectivity index (χ2v) is 6.26.